The maximum absolute atomic E-state index is 12.4. The number of hydrogen-bond acceptors (Lipinski definition) is 4. The number of rotatable bonds is 8. The lowest BCUT2D eigenvalue weighted by molar-refractivity contribution is 0.0925. The molecule has 3 aromatic rings. The van der Waals surface area contributed by atoms with Crippen LogP contribution in [0.4, 0.5) is 0 Å². The molecule has 0 aliphatic carbocycles. The van der Waals surface area contributed by atoms with Gasteiger partial charge in [0.15, 0.2) is 5.76 Å². The number of furan rings is 1. The van der Waals surface area contributed by atoms with Gasteiger partial charge in [0.05, 0.1) is 17.3 Å². The van der Waals surface area contributed by atoms with E-state index in [2.05, 4.69) is 53.3 Å². The van der Waals surface area contributed by atoms with Gasteiger partial charge in [0, 0.05) is 11.4 Å². The van der Waals surface area contributed by atoms with Crippen molar-refractivity contribution in [3.8, 4) is 5.75 Å². The Morgan fingerprint density at radius 2 is 1.90 bits per heavy atom. The number of thioether (sulfide) groups is 1. The molecule has 0 fully saturated rings. The second-order valence-corrected chi connectivity index (χ2v) is 8.59. The number of aryl methyl sites for hydroxylation is 2. The second kappa shape index (κ2) is 10.0. The number of nitrogens with one attached hydrogen (secondary N) is 1. The van der Waals surface area contributed by atoms with Crippen molar-refractivity contribution in [3.63, 3.8) is 0 Å². The molecule has 29 heavy (non-hydrogen) atoms. The molecular formula is C23H24BrNO3S. The number of carbonyl (C=O) groups is 1. The fraction of sp³-hybridized carbons (Fsp3) is 0.261. The first-order valence-corrected chi connectivity index (χ1v) is 11.1. The van der Waals surface area contributed by atoms with Crippen LogP contribution in [0.1, 0.15) is 33.0 Å². The van der Waals surface area contributed by atoms with E-state index in [9.17, 15) is 4.79 Å². The molecule has 0 bridgehead atoms. The van der Waals surface area contributed by atoms with E-state index in [-0.39, 0.29) is 5.91 Å². The minimum Gasteiger partial charge on any atom is -0.496 e. The Balaban J connectivity index is 1.51. The molecule has 1 aromatic heterocycles. The Labute approximate surface area is 184 Å². The van der Waals surface area contributed by atoms with Crippen molar-refractivity contribution in [2.75, 3.05) is 13.7 Å². The maximum Gasteiger partial charge on any atom is 0.287 e. The molecule has 0 unspecified atom stereocenters. The van der Waals surface area contributed by atoms with E-state index in [0.717, 1.165) is 28.0 Å². The van der Waals surface area contributed by atoms with Gasteiger partial charge < -0.3 is 14.5 Å². The van der Waals surface area contributed by atoms with Gasteiger partial charge in [-0.2, -0.15) is 0 Å². The summed E-state index contributed by atoms with van der Waals surface area (Å²) in [6.45, 7) is 4.75. The molecule has 0 radical (unpaired) electrons. The molecular weight excluding hydrogens is 450 g/mol. The first-order valence-electron chi connectivity index (χ1n) is 9.36. The van der Waals surface area contributed by atoms with Gasteiger partial charge in [-0.25, -0.2) is 0 Å². The first kappa shape index (κ1) is 21.5. The average Bonchev–Trinajstić information content (AvgIpc) is 3.17. The third kappa shape index (κ3) is 5.67. The van der Waals surface area contributed by atoms with E-state index in [0.29, 0.717) is 18.1 Å². The smallest absolute Gasteiger partial charge is 0.287 e. The zero-order chi connectivity index (χ0) is 20.8. The lowest BCUT2D eigenvalue weighted by Crippen LogP contribution is -2.25. The highest BCUT2D eigenvalue weighted by Gasteiger charge is 2.12. The summed E-state index contributed by atoms with van der Waals surface area (Å²) in [5.41, 5.74) is 3.62. The summed E-state index contributed by atoms with van der Waals surface area (Å²) in [4.78, 5) is 13.6. The summed E-state index contributed by atoms with van der Waals surface area (Å²) in [5, 5.41) is 2.91. The minimum atomic E-state index is -0.194. The van der Waals surface area contributed by atoms with E-state index in [1.165, 1.54) is 16.0 Å². The van der Waals surface area contributed by atoms with Gasteiger partial charge in [0.25, 0.3) is 5.91 Å². The number of halogens is 1. The number of hydrogen-bond donors (Lipinski definition) is 1. The Bertz CT molecular complexity index is 979. The SMILES string of the molecule is COc1ccc(CCNC(=O)c2ccc(CSc3c(C)cccc3C)o2)cc1Br. The molecule has 0 saturated carbocycles. The third-order valence-corrected chi connectivity index (χ3v) is 6.55. The summed E-state index contributed by atoms with van der Waals surface area (Å²) in [7, 11) is 1.64. The molecule has 0 spiro atoms. The van der Waals surface area contributed by atoms with E-state index in [4.69, 9.17) is 9.15 Å². The van der Waals surface area contributed by atoms with Crippen LogP contribution in [0.15, 0.2) is 62.3 Å². The monoisotopic (exact) mass is 473 g/mol. The van der Waals surface area contributed by atoms with Gasteiger partial charge >= 0.3 is 0 Å². The fourth-order valence-electron chi connectivity index (χ4n) is 3.02. The van der Waals surface area contributed by atoms with Crippen LogP contribution in [-0.2, 0) is 12.2 Å². The highest BCUT2D eigenvalue weighted by molar-refractivity contribution is 9.10. The fourth-order valence-corrected chi connectivity index (χ4v) is 4.64. The van der Waals surface area contributed by atoms with Crippen molar-refractivity contribution >= 4 is 33.6 Å². The van der Waals surface area contributed by atoms with Crippen LogP contribution >= 0.6 is 27.7 Å². The highest BCUT2D eigenvalue weighted by atomic mass is 79.9. The lowest BCUT2D eigenvalue weighted by atomic mass is 10.1. The number of benzene rings is 2. The van der Waals surface area contributed by atoms with Crippen LogP contribution in [0, 0.1) is 13.8 Å². The summed E-state index contributed by atoms with van der Waals surface area (Å²) in [6.07, 6.45) is 0.727. The highest BCUT2D eigenvalue weighted by Crippen LogP contribution is 2.29. The Morgan fingerprint density at radius 3 is 2.59 bits per heavy atom. The zero-order valence-corrected chi connectivity index (χ0v) is 19.2. The molecule has 0 aliphatic heterocycles. The van der Waals surface area contributed by atoms with Crippen molar-refractivity contribution in [1.82, 2.24) is 5.32 Å². The van der Waals surface area contributed by atoms with E-state index in [1.54, 1.807) is 24.9 Å². The largest absolute Gasteiger partial charge is 0.496 e. The molecule has 0 saturated heterocycles. The normalized spacial score (nSPS) is 10.8. The van der Waals surface area contributed by atoms with Crippen molar-refractivity contribution < 1.29 is 13.9 Å². The molecule has 152 valence electrons. The topological polar surface area (TPSA) is 51.5 Å². The van der Waals surface area contributed by atoms with Gasteiger partial charge in [-0.05, 0) is 77.2 Å². The van der Waals surface area contributed by atoms with Crippen molar-refractivity contribution in [1.29, 1.82) is 0 Å². The quantitative estimate of drug-likeness (QED) is 0.411. The van der Waals surface area contributed by atoms with Gasteiger partial charge in [-0.1, -0.05) is 24.3 Å². The minimum absolute atomic E-state index is 0.194. The lowest BCUT2D eigenvalue weighted by Gasteiger charge is -2.08. The van der Waals surface area contributed by atoms with E-state index in [1.807, 2.05) is 24.3 Å². The average molecular weight is 474 g/mol. The van der Waals surface area contributed by atoms with Gasteiger partial charge in [-0.3, -0.25) is 4.79 Å². The third-order valence-electron chi connectivity index (χ3n) is 4.57. The molecule has 1 heterocycles. The van der Waals surface area contributed by atoms with Crippen molar-refractivity contribution in [3.05, 3.63) is 81.2 Å². The van der Waals surface area contributed by atoms with E-state index < -0.39 is 0 Å². The second-order valence-electron chi connectivity index (χ2n) is 6.75. The number of ether oxygens (including phenoxy) is 1. The van der Waals surface area contributed by atoms with Crippen molar-refractivity contribution in [2.45, 2.75) is 30.9 Å². The standard InChI is InChI=1S/C23H24BrNO3S/c1-15-5-4-6-16(2)22(15)29-14-18-8-10-21(28-18)23(26)25-12-11-17-7-9-20(27-3)19(24)13-17/h4-10,13H,11-12,14H2,1-3H3,(H,25,26). The van der Waals surface area contributed by atoms with Gasteiger partial charge in [0.1, 0.15) is 11.5 Å². The summed E-state index contributed by atoms with van der Waals surface area (Å²) < 4.78 is 11.9. The maximum atomic E-state index is 12.4. The number of amides is 1. The van der Waals surface area contributed by atoms with Gasteiger partial charge in [-0.15, -0.1) is 11.8 Å². The molecule has 0 aliphatic rings. The van der Waals surface area contributed by atoms with Crippen LogP contribution < -0.4 is 10.1 Å². The molecule has 4 nitrogen and oxygen atoms in total. The summed E-state index contributed by atoms with van der Waals surface area (Å²) >= 11 is 5.21. The zero-order valence-electron chi connectivity index (χ0n) is 16.8. The molecule has 1 N–H and O–H groups in total. The van der Waals surface area contributed by atoms with Crippen molar-refractivity contribution in [2.24, 2.45) is 0 Å². The first-order chi connectivity index (χ1) is 14.0. The number of carbonyl (C=O) groups excluding carboxylic acids is 1. The van der Waals surface area contributed by atoms with Crippen LogP contribution in [0.2, 0.25) is 0 Å². The van der Waals surface area contributed by atoms with Gasteiger partial charge in [0.2, 0.25) is 0 Å². The Kier molecular flexibility index (Phi) is 7.45. The molecule has 0 atom stereocenters. The van der Waals surface area contributed by atoms with E-state index >= 15 is 0 Å². The Morgan fingerprint density at radius 1 is 1.14 bits per heavy atom. The number of methoxy groups -OCH3 is 1. The summed E-state index contributed by atoms with van der Waals surface area (Å²) in [6, 6.07) is 15.8. The van der Waals surface area contributed by atoms with Crippen LogP contribution in [0.25, 0.3) is 0 Å². The molecule has 6 heteroatoms. The Hall–Kier alpha value is -2.18. The molecule has 2 aromatic carbocycles. The molecule has 1 amide bonds. The molecule has 3 rings (SSSR count). The predicted molar refractivity (Wildman–Crippen MR) is 121 cm³/mol. The predicted octanol–water partition coefficient (Wildman–Crippen LogP) is 5.93. The van der Waals surface area contributed by atoms with Crippen LogP contribution in [-0.4, -0.2) is 19.6 Å². The van der Waals surface area contributed by atoms with Crippen LogP contribution in [0.3, 0.4) is 0 Å². The van der Waals surface area contributed by atoms with Crippen LogP contribution in [0.5, 0.6) is 5.75 Å². The summed E-state index contributed by atoms with van der Waals surface area (Å²) in [5.74, 6) is 2.43.